The number of esters is 2. The smallest absolute Gasteiger partial charge is 0.462 e. The van der Waals surface area contributed by atoms with Gasteiger partial charge in [-0.1, -0.05) is 57.9 Å². The summed E-state index contributed by atoms with van der Waals surface area (Å²) < 4.78 is 33.5. The van der Waals surface area contributed by atoms with E-state index < -0.39 is 32.5 Å². The maximum absolute atomic E-state index is 12.3. The Bertz CT molecular complexity index is 650. The average molecular weight is 537 g/mol. The molecule has 1 N–H and O–H groups in total. The van der Waals surface area contributed by atoms with Gasteiger partial charge in [-0.15, -0.1) is 6.58 Å². The van der Waals surface area contributed by atoms with Gasteiger partial charge in [-0.3, -0.25) is 18.6 Å². The summed E-state index contributed by atoms with van der Waals surface area (Å²) in [4.78, 5) is 34.4. The van der Waals surface area contributed by atoms with Crippen molar-refractivity contribution >= 4 is 19.8 Å². The Labute approximate surface area is 218 Å². The van der Waals surface area contributed by atoms with Crippen LogP contribution in [0.5, 0.6) is 0 Å². The number of phosphoric ester groups is 1. The van der Waals surface area contributed by atoms with E-state index in [9.17, 15) is 19.0 Å². The van der Waals surface area contributed by atoms with Gasteiger partial charge < -0.3 is 18.9 Å². The number of hydrogen-bond acceptors (Lipinski definition) is 7. The molecule has 0 heterocycles. The molecular weight excluding hydrogens is 485 g/mol. The Kier molecular flexibility index (Phi) is 20.0. The zero-order valence-electron chi connectivity index (χ0n) is 23.1. The third-order valence-corrected chi connectivity index (χ3v) is 6.43. The molecule has 10 heteroatoms. The molecule has 0 rings (SSSR count). The maximum atomic E-state index is 12.3. The summed E-state index contributed by atoms with van der Waals surface area (Å²) in [6.45, 7) is 5.73. The van der Waals surface area contributed by atoms with Crippen molar-refractivity contribution in [2.45, 2.75) is 96.5 Å². The van der Waals surface area contributed by atoms with Gasteiger partial charge in [0.2, 0.25) is 0 Å². The van der Waals surface area contributed by atoms with E-state index in [4.69, 9.17) is 18.5 Å². The minimum absolute atomic E-state index is 0.0293. The Hall–Kier alpha value is -1.25. The van der Waals surface area contributed by atoms with Crippen LogP contribution in [-0.4, -0.2) is 74.9 Å². The first-order valence-electron chi connectivity index (χ1n) is 13.4. The fraction of sp³-hybridized carbons (Fsp3) is 0.846. The molecule has 36 heavy (non-hydrogen) atoms. The third-order valence-electron chi connectivity index (χ3n) is 5.44. The van der Waals surface area contributed by atoms with E-state index in [2.05, 4.69) is 13.5 Å². The lowest BCUT2D eigenvalue weighted by Gasteiger charge is -2.24. The molecule has 212 valence electrons. The molecule has 1 unspecified atom stereocenters. The van der Waals surface area contributed by atoms with Gasteiger partial charge in [0.1, 0.15) is 19.8 Å². The van der Waals surface area contributed by atoms with E-state index in [0.29, 0.717) is 17.4 Å². The number of quaternary nitrogens is 1. The van der Waals surface area contributed by atoms with Gasteiger partial charge in [-0.05, 0) is 25.7 Å². The van der Waals surface area contributed by atoms with Crippen molar-refractivity contribution in [1.82, 2.24) is 0 Å². The minimum atomic E-state index is -4.34. The van der Waals surface area contributed by atoms with Crippen molar-refractivity contribution in [3.63, 3.8) is 0 Å². The quantitative estimate of drug-likeness (QED) is 0.0562. The average Bonchev–Trinajstić information content (AvgIpc) is 2.79. The van der Waals surface area contributed by atoms with Crippen molar-refractivity contribution in [2.24, 2.45) is 0 Å². The highest BCUT2D eigenvalue weighted by Gasteiger charge is 2.27. The van der Waals surface area contributed by atoms with Crippen molar-refractivity contribution in [1.29, 1.82) is 0 Å². The van der Waals surface area contributed by atoms with E-state index >= 15 is 0 Å². The molecular formula is C26H51NO8P+. The van der Waals surface area contributed by atoms with Crippen molar-refractivity contribution < 1.29 is 42.1 Å². The lowest BCUT2D eigenvalue weighted by atomic mass is 10.1. The fourth-order valence-corrected chi connectivity index (χ4v) is 3.97. The van der Waals surface area contributed by atoms with E-state index in [1.807, 2.05) is 27.2 Å². The first kappa shape index (κ1) is 34.8. The molecule has 0 fully saturated rings. The van der Waals surface area contributed by atoms with Gasteiger partial charge in [-0.25, -0.2) is 4.57 Å². The molecule has 0 aliphatic carbocycles. The van der Waals surface area contributed by atoms with E-state index in [1.54, 1.807) is 0 Å². The van der Waals surface area contributed by atoms with E-state index in [0.717, 1.165) is 64.2 Å². The first-order valence-corrected chi connectivity index (χ1v) is 14.9. The van der Waals surface area contributed by atoms with Crippen LogP contribution in [-0.2, 0) is 32.7 Å². The standard InChI is InChI=1S/C26H50NO8P/c1-6-8-10-12-13-15-17-19-26(29)35-24(22-32-25(28)18-16-14-11-9-7-2)23-34-36(30,31)33-21-20-27(3,4)5/h6,24H,1,7-23H2,2-5H3/p+1/t24-/m0/s1. The van der Waals surface area contributed by atoms with Crippen LogP contribution in [0.3, 0.4) is 0 Å². The largest absolute Gasteiger partial charge is 0.472 e. The van der Waals surface area contributed by atoms with Crippen LogP contribution < -0.4 is 0 Å². The number of unbranched alkanes of at least 4 members (excludes halogenated alkanes) is 9. The summed E-state index contributed by atoms with van der Waals surface area (Å²) in [6, 6.07) is 0. The molecule has 0 spiro atoms. The number of nitrogens with zero attached hydrogens (tertiary/aromatic N) is 1. The molecule has 0 saturated carbocycles. The van der Waals surface area contributed by atoms with E-state index in [1.165, 1.54) is 0 Å². The molecule has 0 aliphatic rings. The van der Waals surface area contributed by atoms with Crippen LogP contribution >= 0.6 is 7.82 Å². The zero-order valence-corrected chi connectivity index (χ0v) is 24.0. The second-order valence-electron chi connectivity index (χ2n) is 10.2. The Morgan fingerprint density at radius 2 is 1.47 bits per heavy atom. The molecule has 0 amide bonds. The number of likely N-dealkylation sites (N-methyl/N-ethyl adjacent to an activating group) is 1. The van der Waals surface area contributed by atoms with Crippen LogP contribution in [0.1, 0.15) is 90.4 Å². The number of hydrogen-bond donors (Lipinski definition) is 1. The molecule has 0 bridgehead atoms. The molecule has 0 aromatic heterocycles. The number of rotatable bonds is 24. The molecule has 2 atom stereocenters. The summed E-state index contributed by atoms with van der Waals surface area (Å²) in [7, 11) is 1.46. The van der Waals surface area contributed by atoms with Gasteiger partial charge in [0, 0.05) is 12.8 Å². The molecule has 0 aliphatic heterocycles. The van der Waals surface area contributed by atoms with Gasteiger partial charge in [-0.2, -0.15) is 0 Å². The first-order chi connectivity index (χ1) is 17.0. The monoisotopic (exact) mass is 536 g/mol. The van der Waals surface area contributed by atoms with Gasteiger partial charge >= 0.3 is 19.8 Å². The van der Waals surface area contributed by atoms with Crippen molar-refractivity contribution in [3.8, 4) is 0 Å². The summed E-state index contributed by atoms with van der Waals surface area (Å²) in [5.74, 6) is -0.845. The van der Waals surface area contributed by atoms with Gasteiger partial charge in [0.25, 0.3) is 0 Å². The highest BCUT2D eigenvalue weighted by Crippen LogP contribution is 2.43. The van der Waals surface area contributed by atoms with Crippen LogP contribution in [0.4, 0.5) is 0 Å². The normalized spacial score (nSPS) is 14.1. The third kappa shape index (κ3) is 23.2. The maximum Gasteiger partial charge on any atom is 0.472 e. The fourth-order valence-electron chi connectivity index (χ4n) is 3.22. The van der Waals surface area contributed by atoms with Crippen molar-refractivity contribution in [2.75, 3.05) is 47.5 Å². The second kappa shape index (κ2) is 20.8. The lowest BCUT2D eigenvalue weighted by Crippen LogP contribution is -2.37. The minimum Gasteiger partial charge on any atom is -0.462 e. The Balaban J connectivity index is 4.61. The highest BCUT2D eigenvalue weighted by molar-refractivity contribution is 7.47. The topological polar surface area (TPSA) is 108 Å². The highest BCUT2D eigenvalue weighted by atomic mass is 31.2. The number of carbonyl (C=O) groups is 2. The number of carbonyl (C=O) groups excluding carboxylic acids is 2. The lowest BCUT2D eigenvalue weighted by molar-refractivity contribution is -0.870. The number of ether oxygens (including phenoxy) is 2. The van der Waals surface area contributed by atoms with Crippen LogP contribution in [0.25, 0.3) is 0 Å². The number of allylic oxidation sites excluding steroid dienone is 1. The molecule has 0 aromatic rings. The Morgan fingerprint density at radius 3 is 2.08 bits per heavy atom. The summed E-state index contributed by atoms with van der Waals surface area (Å²) in [5.41, 5.74) is 0. The predicted octanol–water partition coefficient (Wildman–Crippen LogP) is 5.56. The number of phosphoric acid groups is 1. The van der Waals surface area contributed by atoms with Crippen LogP contribution in [0, 0.1) is 0 Å². The summed E-state index contributed by atoms with van der Waals surface area (Å²) in [6.07, 6.45) is 12.2. The molecule has 0 aromatic carbocycles. The SMILES string of the molecule is C=CCCCCCCCC(=O)O[C@@H](COC(=O)CCCCCCC)COP(=O)(O)OCC[N+](C)(C)C. The van der Waals surface area contributed by atoms with Gasteiger partial charge in [0.15, 0.2) is 6.10 Å². The van der Waals surface area contributed by atoms with Gasteiger partial charge in [0.05, 0.1) is 27.7 Å². The van der Waals surface area contributed by atoms with Crippen molar-refractivity contribution in [3.05, 3.63) is 12.7 Å². The molecule has 0 saturated heterocycles. The van der Waals surface area contributed by atoms with Crippen LogP contribution in [0.15, 0.2) is 12.7 Å². The Morgan fingerprint density at radius 1 is 0.889 bits per heavy atom. The molecule has 0 radical (unpaired) electrons. The molecule has 9 nitrogen and oxygen atoms in total. The summed E-state index contributed by atoms with van der Waals surface area (Å²) in [5, 5.41) is 0. The van der Waals surface area contributed by atoms with E-state index in [-0.39, 0.29) is 26.1 Å². The van der Waals surface area contributed by atoms with Crippen LogP contribution in [0.2, 0.25) is 0 Å². The zero-order chi connectivity index (χ0) is 27.3. The second-order valence-corrected chi connectivity index (χ2v) is 11.6. The summed E-state index contributed by atoms with van der Waals surface area (Å²) >= 11 is 0. The predicted molar refractivity (Wildman–Crippen MR) is 141 cm³/mol.